The molecule has 2 heterocycles. The number of carbonyl (C=O) groups excluding carboxylic acids is 1. The van der Waals surface area contributed by atoms with Crippen LogP contribution in [0.1, 0.15) is 37.0 Å². The van der Waals surface area contributed by atoms with Crippen molar-refractivity contribution < 1.29 is 4.79 Å². The van der Waals surface area contributed by atoms with Gasteiger partial charge in [0.15, 0.2) is 5.78 Å². The molecule has 16 heavy (non-hydrogen) atoms. The van der Waals surface area contributed by atoms with Crippen LogP contribution in [0.25, 0.3) is 0 Å². The van der Waals surface area contributed by atoms with E-state index in [0.717, 1.165) is 30.4 Å². The molecule has 0 aromatic carbocycles. The summed E-state index contributed by atoms with van der Waals surface area (Å²) < 4.78 is 0. The molecule has 0 atom stereocenters. The molecular formula is C13H18N2O. The smallest absolute Gasteiger partial charge is 0.159 e. The van der Waals surface area contributed by atoms with Gasteiger partial charge in [0, 0.05) is 24.8 Å². The van der Waals surface area contributed by atoms with Crippen LogP contribution in [0.5, 0.6) is 0 Å². The fraction of sp³-hybridized carbons (Fsp3) is 0.538. The third-order valence-electron chi connectivity index (χ3n) is 3.26. The minimum Gasteiger partial charge on any atom is -0.357 e. The van der Waals surface area contributed by atoms with E-state index in [2.05, 4.69) is 16.8 Å². The fourth-order valence-electron chi connectivity index (χ4n) is 2.05. The second kappa shape index (κ2) is 4.64. The van der Waals surface area contributed by atoms with Gasteiger partial charge in [0.2, 0.25) is 0 Å². The van der Waals surface area contributed by atoms with Gasteiger partial charge < -0.3 is 4.90 Å². The molecule has 0 unspecified atom stereocenters. The molecule has 0 aliphatic carbocycles. The van der Waals surface area contributed by atoms with Gasteiger partial charge in [-0.1, -0.05) is 6.92 Å². The molecule has 1 aliphatic rings. The monoisotopic (exact) mass is 218 g/mol. The summed E-state index contributed by atoms with van der Waals surface area (Å²) in [7, 11) is 0. The maximum atomic E-state index is 11.3. The maximum absolute atomic E-state index is 11.3. The highest BCUT2D eigenvalue weighted by molar-refractivity contribution is 5.94. The van der Waals surface area contributed by atoms with Crippen LogP contribution in [0, 0.1) is 5.92 Å². The maximum Gasteiger partial charge on any atom is 0.159 e. The van der Waals surface area contributed by atoms with Crippen molar-refractivity contribution in [2.75, 3.05) is 18.0 Å². The highest BCUT2D eigenvalue weighted by Crippen LogP contribution is 2.21. The molecule has 0 radical (unpaired) electrons. The molecule has 3 nitrogen and oxygen atoms in total. The number of pyridine rings is 1. The number of rotatable bonds is 2. The average molecular weight is 218 g/mol. The molecule has 0 saturated carbocycles. The minimum atomic E-state index is 0.106. The van der Waals surface area contributed by atoms with E-state index >= 15 is 0 Å². The first-order valence-electron chi connectivity index (χ1n) is 5.89. The number of aromatic nitrogens is 1. The molecule has 0 amide bonds. The first-order valence-corrected chi connectivity index (χ1v) is 5.89. The van der Waals surface area contributed by atoms with E-state index in [-0.39, 0.29) is 5.78 Å². The van der Waals surface area contributed by atoms with Crippen LogP contribution in [0.2, 0.25) is 0 Å². The number of hydrogen-bond acceptors (Lipinski definition) is 3. The van der Waals surface area contributed by atoms with E-state index in [9.17, 15) is 4.79 Å². The van der Waals surface area contributed by atoms with Gasteiger partial charge in [-0.05, 0) is 37.8 Å². The first-order chi connectivity index (χ1) is 7.66. The Balaban J connectivity index is 2.14. The second-order valence-electron chi connectivity index (χ2n) is 4.63. The van der Waals surface area contributed by atoms with Crippen molar-refractivity contribution in [3.05, 3.63) is 23.9 Å². The molecule has 2 rings (SSSR count). The molecule has 0 bridgehead atoms. The van der Waals surface area contributed by atoms with Crippen LogP contribution in [0.15, 0.2) is 18.3 Å². The van der Waals surface area contributed by atoms with Gasteiger partial charge in [-0.2, -0.15) is 0 Å². The van der Waals surface area contributed by atoms with Crippen molar-refractivity contribution in [2.45, 2.75) is 26.7 Å². The molecular weight excluding hydrogens is 200 g/mol. The quantitative estimate of drug-likeness (QED) is 0.715. The van der Waals surface area contributed by atoms with Gasteiger partial charge in [-0.15, -0.1) is 0 Å². The third kappa shape index (κ3) is 2.40. The number of anilines is 1. The lowest BCUT2D eigenvalue weighted by Gasteiger charge is -2.31. The molecule has 1 fully saturated rings. The third-order valence-corrected chi connectivity index (χ3v) is 3.26. The summed E-state index contributed by atoms with van der Waals surface area (Å²) >= 11 is 0. The molecule has 1 aromatic heterocycles. The topological polar surface area (TPSA) is 33.2 Å². The zero-order chi connectivity index (χ0) is 11.5. The Bertz CT molecular complexity index is 381. The van der Waals surface area contributed by atoms with Crippen molar-refractivity contribution in [2.24, 2.45) is 5.92 Å². The lowest BCUT2D eigenvalue weighted by atomic mass is 9.99. The number of hydrogen-bond donors (Lipinski definition) is 0. The van der Waals surface area contributed by atoms with Crippen molar-refractivity contribution in [1.82, 2.24) is 4.98 Å². The van der Waals surface area contributed by atoms with E-state index < -0.39 is 0 Å². The summed E-state index contributed by atoms with van der Waals surface area (Å²) in [5.41, 5.74) is 0.753. The molecule has 1 aromatic rings. The van der Waals surface area contributed by atoms with Gasteiger partial charge in [0.25, 0.3) is 0 Å². The van der Waals surface area contributed by atoms with Gasteiger partial charge in [-0.25, -0.2) is 4.98 Å². The zero-order valence-corrected chi connectivity index (χ0v) is 9.94. The number of Topliss-reactive ketones (excluding diaryl/α,β-unsaturated/α-hetero) is 1. The standard InChI is InChI=1S/C13H18N2O/c1-10-4-7-15(8-5-10)13-9-12(11(2)16)3-6-14-13/h3,6,9-10H,4-5,7-8H2,1-2H3. The summed E-state index contributed by atoms with van der Waals surface area (Å²) in [5, 5.41) is 0. The predicted octanol–water partition coefficient (Wildman–Crippen LogP) is 2.52. The Morgan fingerprint density at radius 1 is 1.44 bits per heavy atom. The summed E-state index contributed by atoms with van der Waals surface area (Å²) in [6.07, 6.45) is 4.15. The zero-order valence-electron chi connectivity index (χ0n) is 9.94. The van der Waals surface area contributed by atoms with E-state index in [1.165, 1.54) is 12.8 Å². The Morgan fingerprint density at radius 2 is 2.12 bits per heavy atom. The summed E-state index contributed by atoms with van der Waals surface area (Å²) in [5.74, 6) is 1.86. The Morgan fingerprint density at radius 3 is 2.75 bits per heavy atom. The van der Waals surface area contributed by atoms with Crippen LogP contribution in [0.4, 0.5) is 5.82 Å². The van der Waals surface area contributed by atoms with Crippen LogP contribution < -0.4 is 4.90 Å². The minimum absolute atomic E-state index is 0.106. The lowest BCUT2D eigenvalue weighted by Crippen LogP contribution is -2.33. The molecule has 1 saturated heterocycles. The molecule has 3 heteroatoms. The van der Waals surface area contributed by atoms with Crippen molar-refractivity contribution in [1.29, 1.82) is 0 Å². The van der Waals surface area contributed by atoms with Gasteiger partial charge >= 0.3 is 0 Å². The van der Waals surface area contributed by atoms with E-state index in [1.54, 1.807) is 19.2 Å². The second-order valence-corrected chi connectivity index (χ2v) is 4.63. The van der Waals surface area contributed by atoms with Crippen molar-refractivity contribution >= 4 is 11.6 Å². The first kappa shape index (κ1) is 11.1. The van der Waals surface area contributed by atoms with Gasteiger partial charge in [-0.3, -0.25) is 4.79 Å². The van der Waals surface area contributed by atoms with Crippen molar-refractivity contribution in [3.8, 4) is 0 Å². The van der Waals surface area contributed by atoms with Crippen LogP contribution in [0.3, 0.4) is 0 Å². The summed E-state index contributed by atoms with van der Waals surface area (Å²) in [6, 6.07) is 3.68. The number of piperidine rings is 1. The van der Waals surface area contributed by atoms with Crippen molar-refractivity contribution in [3.63, 3.8) is 0 Å². The molecule has 1 aliphatic heterocycles. The number of ketones is 1. The Kier molecular flexibility index (Phi) is 3.22. The van der Waals surface area contributed by atoms with Gasteiger partial charge in [0.05, 0.1) is 0 Å². The Labute approximate surface area is 96.5 Å². The van der Waals surface area contributed by atoms with E-state index in [1.807, 2.05) is 6.07 Å². The largest absolute Gasteiger partial charge is 0.357 e. The molecule has 0 N–H and O–H groups in total. The van der Waals surface area contributed by atoms with Gasteiger partial charge in [0.1, 0.15) is 5.82 Å². The summed E-state index contributed by atoms with van der Waals surface area (Å²) in [6.45, 7) is 5.99. The predicted molar refractivity (Wildman–Crippen MR) is 64.9 cm³/mol. The van der Waals surface area contributed by atoms with E-state index in [4.69, 9.17) is 0 Å². The average Bonchev–Trinajstić information content (AvgIpc) is 2.30. The van der Waals surface area contributed by atoms with Crippen LogP contribution in [-0.4, -0.2) is 23.9 Å². The highest BCUT2D eigenvalue weighted by atomic mass is 16.1. The SMILES string of the molecule is CC(=O)c1ccnc(N2CCC(C)CC2)c1. The normalized spacial score (nSPS) is 17.5. The lowest BCUT2D eigenvalue weighted by molar-refractivity contribution is 0.101. The summed E-state index contributed by atoms with van der Waals surface area (Å²) in [4.78, 5) is 17.9. The number of nitrogens with zero attached hydrogens (tertiary/aromatic N) is 2. The number of carbonyl (C=O) groups is 1. The fourth-order valence-corrected chi connectivity index (χ4v) is 2.05. The van der Waals surface area contributed by atoms with Crippen LogP contribution in [-0.2, 0) is 0 Å². The van der Waals surface area contributed by atoms with E-state index in [0.29, 0.717) is 0 Å². The molecule has 86 valence electrons. The highest BCUT2D eigenvalue weighted by Gasteiger charge is 2.17. The molecule has 0 spiro atoms. The Hall–Kier alpha value is -1.38. The van der Waals surface area contributed by atoms with Crippen LogP contribution >= 0.6 is 0 Å².